The van der Waals surface area contributed by atoms with Crippen LogP contribution < -0.4 is 5.32 Å². The zero-order valence-electron chi connectivity index (χ0n) is 14.7. The number of carbonyl (C=O) groups is 1. The normalized spacial score (nSPS) is 12.0. The Labute approximate surface area is 163 Å². The molecule has 1 aromatic heterocycles. The fraction of sp³-hybridized carbons (Fsp3) is 0.136. The highest BCUT2D eigenvalue weighted by Gasteiger charge is 2.19. The fourth-order valence-corrected chi connectivity index (χ4v) is 3.45. The van der Waals surface area contributed by atoms with Crippen LogP contribution in [-0.4, -0.2) is 22.1 Å². The minimum atomic E-state index is -0.837. The van der Waals surface area contributed by atoms with Gasteiger partial charge in [0.2, 0.25) is 0 Å². The summed E-state index contributed by atoms with van der Waals surface area (Å²) in [5.41, 5.74) is 3.15. The van der Waals surface area contributed by atoms with Crippen LogP contribution in [0.25, 0.3) is 21.7 Å². The molecule has 1 atom stereocenters. The molecular weight excluding hydrogens is 360 g/mol. The number of benzene rings is 3. The predicted molar refractivity (Wildman–Crippen MR) is 111 cm³/mol. The highest BCUT2D eigenvalue weighted by atomic mass is 35.5. The van der Waals surface area contributed by atoms with Gasteiger partial charge >= 0.3 is 5.97 Å². The summed E-state index contributed by atoms with van der Waals surface area (Å²) < 4.78 is 0. The first-order chi connectivity index (χ1) is 12.7. The fourth-order valence-electron chi connectivity index (χ4n) is 3.45. The molecule has 3 aromatic carbocycles. The molecule has 0 aliphatic carbocycles. The summed E-state index contributed by atoms with van der Waals surface area (Å²) in [6, 6.07) is 21.6. The molecule has 0 bridgehead atoms. The van der Waals surface area contributed by atoms with Crippen molar-refractivity contribution in [3.63, 3.8) is 0 Å². The van der Waals surface area contributed by atoms with E-state index in [0.29, 0.717) is 13.0 Å². The van der Waals surface area contributed by atoms with E-state index in [4.69, 9.17) is 0 Å². The standard InChI is InChI=1S/C22H20N2O2.ClH/c25-22(26)21(12-17-14-23-20-11-4-3-10-19(17)20)24-13-16-8-5-7-15-6-1-2-9-18(15)16;/h1-11,14,21,23-24H,12-13H2,(H,25,26);1H. The van der Waals surface area contributed by atoms with E-state index in [9.17, 15) is 9.90 Å². The zero-order valence-corrected chi connectivity index (χ0v) is 15.5. The van der Waals surface area contributed by atoms with Crippen LogP contribution in [0.2, 0.25) is 0 Å². The third kappa shape index (κ3) is 3.97. The van der Waals surface area contributed by atoms with Crippen LogP contribution in [0.5, 0.6) is 0 Å². The number of aliphatic carboxylic acids is 1. The first kappa shape index (κ1) is 19.0. The van der Waals surface area contributed by atoms with E-state index < -0.39 is 12.0 Å². The molecule has 138 valence electrons. The van der Waals surface area contributed by atoms with Gasteiger partial charge in [-0.05, 0) is 28.0 Å². The summed E-state index contributed by atoms with van der Waals surface area (Å²) in [4.78, 5) is 15.0. The Hall–Kier alpha value is -2.82. The van der Waals surface area contributed by atoms with E-state index in [1.54, 1.807) is 0 Å². The van der Waals surface area contributed by atoms with Crippen LogP contribution in [0.3, 0.4) is 0 Å². The van der Waals surface area contributed by atoms with Crippen molar-refractivity contribution in [2.24, 2.45) is 0 Å². The molecule has 0 spiro atoms. The Kier molecular flexibility index (Phi) is 5.79. The first-order valence-corrected chi connectivity index (χ1v) is 8.70. The lowest BCUT2D eigenvalue weighted by molar-refractivity contribution is -0.139. The summed E-state index contributed by atoms with van der Waals surface area (Å²) in [6.45, 7) is 0.515. The quantitative estimate of drug-likeness (QED) is 0.460. The molecule has 0 saturated heterocycles. The highest BCUT2D eigenvalue weighted by molar-refractivity contribution is 5.86. The number of H-pyrrole nitrogens is 1. The van der Waals surface area contributed by atoms with Gasteiger partial charge in [-0.1, -0.05) is 60.7 Å². The smallest absolute Gasteiger partial charge is 0.321 e. The van der Waals surface area contributed by atoms with E-state index in [0.717, 1.165) is 32.8 Å². The number of halogens is 1. The Balaban J connectivity index is 0.00000210. The van der Waals surface area contributed by atoms with Crippen LogP contribution >= 0.6 is 12.4 Å². The summed E-state index contributed by atoms with van der Waals surface area (Å²) >= 11 is 0. The van der Waals surface area contributed by atoms with Crippen molar-refractivity contribution in [1.29, 1.82) is 0 Å². The molecule has 0 radical (unpaired) electrons. The lowest BCUT2D eigenvalue weighted by Crippen LogP contribution is -2.38. The van der Waals surface area contributed by atoms with E-state index >= 15 is 0 Å². The zero-order chi connectivity index (χ0) is 17.9. The van der Waals surface area contributed by atoms with Crippen molar-refractivity contribution in [3.05, 3.63) is 84.1 Å². The van der Waals surface area contributed by atoms with E-state index in [1.807, 2.05) is 54.7 Å². The van der Waals surface area contributed by atoms with Gasteiger partial charge in [-0.2, -0.15) is 0 Å². The van der Waals surface area contributed by atoms with Crippen molar-refractivity contribution < 1.29 is 9.90 Å². The molecule has 4 nitrogen and oxygen atoms in total. The van der Waals surface area contributed by atoms with Crippen molar-refractivity contribution in [3.8, 4) is 0 Å². The second-order valence-electron chi connectivity index (χ2n) is 6.47. The van der Waals surface area contributed by atoms with Crippen LogP contribution in [-0.2, 0) is 17.8 Å². The Morgan fingerprint density at radius 2 is 1.63 bits per heavy atom. The van der Waals surface area contributed by atoms with Crippen LogP contribution in [0.1, 0.15) is 11.1 Å². The highest BCUT2D eigenvalue weighted by Crippen LogP contribution is 2.21. The minimum Gasteiger partial charge on any atom is -0.480 e. The maximum atomic E-state index is 11.8. The van der Waals surface area contributed by atoms with E-state index in [1.165, 1.54) is 0 Å². The molecule has 4 aromatic rings. The molecule has 3 N–H and O–H groups in total. The SMILES string of the molecule is Cl.O=C(O)C(Cc1c[nH]c2ccccc12)NCc1cccc2ccccc12. The van der Waals surface area contributed by atoms with Gasteiger partial charge in [0.25, 0.3) is 0 Å². The van der Waals surface area contributed by atoms with Crippen molar-refractivity contribution in [2.75, 3.05) is 0 Å². The number of hydrogen-bond acceptors (Lipinski definition) is 2. The summed E-state index contributed by atoms with van der Waals surface area (Å²) in [5.74, 6) is -0.837. The van der Waals surface area contributed by atoms with Gasteiger partial charge in [0.1, 0.15) is 6.04 Å². The number of nitrogens with one attached hydrogen (secondary N) is 2. The van der Waals surface area contributed by atoms with Gasteiger partial charge in [-0.15, -0.1) is 12.4 Å². The molecule has 0 aliphatic rings. The van der Waals surface area contributed by atoms with Gasteiger partial charge in [0.15, 0.2) is 0 Å². The first-order valence-electron chi connectivity index (χ1n) is 8.70. The van der Waals surface area contributed by atoms with Gasteiger partial charge in [-0.25, -0.2) is 0 Å². The lowest BCUT2D eigenvalue weighted by Gasteiger charge is -2.15. The molecule has 5 heteroatoms. The average Bonchev–Trinajstić information content (AvgIpc) is 3.08. The average molecular weight is 381 g/mol. The van der Waals surface area contributed by atoms with Crippen LogP contribution in [0.15, 0.2) is 72.9 Å². The van der Waals surface area contributed by atoms with Crippen molar-refractivity contribution >= 4 is 40.1 Å². The maximum absolute atomic E-state index is 11.8. The predicted octanol–water partition coefficient (Wildman–Crippen LogP) is 4.53. The molecule has 0 fully saturated rings. The molecule has 1 unspecified atom stereocenters. The number of carboxylic acid groups (broad SMARTS) is 1. The third-order valence-corrected chi connectivity index (χ3v) is 4.82. The van der Waals surface area contributed by atoms with Gasteiger partial charge < -0.3 is 10.1 Å². The molecular formula is C22H21ClN2O2. The van der Waals surface area contributed by atoms with Gasteiger partial charge in [-0.3, -0.25) is 10.1 Å². The third-order valence-electron chi connectivity index (χ3n) is 4.82. The Morgan fingerprint density at radius 1 is 0.926 bits per heavy atom. The molecule has 0 saturated carbocycles. The molecule has 0 amide bonds. The van der Waals surface area contributed by atoms with E-state index in [2.05, 4.69) is 28.5 Å². The molecule has 0 aliphatic heterocycles. The van der Waals surface area contributed by atoms with Crippen LogP contribution in [0.4, 0.5) is 0 Å². The monoisotopic (exact) mass is 380 g/mol. The number of carboxylic acids is 1. The Bertz CT molecular complexity index is 1070. The summed E-state index contributed by atoms with van der Waals surface area (Å²) in [6.07, 6.45) is 2.34. The number of fused-ring (bicyclic) bond motifs is 2. The summed E-state index contributed by atoms with van der Waals surface area (Å²) in [7, 11) is 0. The number of hydrogen-bond donors (Lipinski definition) is 3. The summed E-state index contributed by atoms with van der Waals surface area (Å²) in [5, 5.41) is 16.3. The van der Waals surface area contributed by atoms with Crippen molar-refractivity contribution in [1.82, 2.24) is 10.3 Å². The van der Waals surface area contributed by atoms with Crippen LogP contribution in [0, 0.1) is 0 Å². The maximum Gasteiger partial charge on any atom is 0.321 e. The molecule has 27 heavy (non-hydrogen) atoms. The minimum absolute atomic E-state index is 0. The van der Waals surface area contributed by atoms with Gasteiger partial charge in [0, 0.05) is 30.1 Å². The van der Waals surface area contributed by atoms with E-state index in [-0.39, 0.29) is 12.4 Å². The second kappa shape index (κ2) is 8.25. The number of para-hydroxylation sites is 1. The topological polar surface area (TPSA) is 65.1 Å². The largest absolute Gasteiger partial charge is 0.480 e. The van der Waals surface area contributed by atoms with Gasteiger partial charge in [0.05, 0.1) is 0 Å². The number of aromatic amines is 1. The molecule has 1 heterocycles. The number of aromatic nitrogens is 1. The molecule has 4 rings (SSSR count). The lowest BCUT2D eigenvalue weighted by atomic mass is 10.0. The Morgan fingerprint density at radius 3 is 2.44 bits per heavy atom. The van der Waals surface area contributed by atoms with Crippen molar-refractivity contribution in [2.45, 2.75) is 19.0 Å². The second-order valence-corrected chi connectivity index (χ2v) is 6.47. The number of rotatable bonds is 6.